The molecule has 0 aliphatic carbocycles. The van der Waals surface area contributed by atoms with Crippen molar-refractivity contribution in [1.29, 1.82) is 0 Å². The highest BCUT2D eigenvalue weighted by molar-refractivity contribution is 7.15. The fraction of sp³-hybridized carbons (Fsp3) is 0.471. The Bertz CT molecular complexity index is 532. The number of likely N-dealkylation sites (N-methyl/N-ethyl adjacent to an activating group) is 1. The number of nitrogens with zero attached hydrogens (tertiary/aromatic N) is 2. The van der Waals surface area contributed by atoms with Gasteiger partial charge in [0.1, 0.15) is 0 Å². The number of rotatable bonds is 8. The molecule has 0 atom stereocenters. The summed E-state index contributed by atoms with van der Waals surface area (Å²) in [5.74, 6) is 0. The molecule has 1 heterocycles. The van der Waals surface area contributed by atoms with Crippen LogP contribution >= 0.6 is 11.3 Å². The van der Waals surface area contributed by atoms with Crippen LogP contribution in [0, 0.1) is 0 Å². The fourth-order valence-electron chi connectivity index (χ4n) is 2.40. The maximum absolute atomic E-state index is 4.85. The molecule has 4 heteroatoms. The van der Waals surface area contributed by atoms with Gasteiger partial charge in [0, 0.05) is 19.5 Å². The van der Waals surface area contributed by atoms with Crippen molar-refractivity contribution in [2.75, 3.05) is 26.7 Å². The minimum absolute atomic E-state index is 0.825. The van der Waals surface area contributed by atoms with E-state index >= 15 is 0 Å². The first-order chi connectivity index (χ1) is 10.3. The first-order valence-corrected chi connectivity index (χ1v) is 8.51. The van der Waals surface area contributed by atoms with Crippen molar-refractivity contribution in [2.45, 2.75) is 26.8 Å². The largest absolute Gasteiger partial charge is 0.314 e. The molecule has 1 N–H and O–H groups in total. The lowest BCUT2D eigenvalue weighted by molar-refractivity contribution is 0.308. The van der Waals surface area contributed by atoms with Gasteiger partial charge in [0.05, 0.1) is 15.6 Å². The maximum Gasteiger partial charge on any atom is 0.0948 e. The monoisotopic (exact) mass is 303 g/mol. The molecule has 0 aliphatic rings. The van der Waals surface area contributed by atoms with Crippen molar-refractivity contribution in [1.82, 2.24) is 15.2 Å². The molecule has 0 spiro atoms. The van der Waals surface area contributed by atoms with Gasteiger partial charge in [-0.1, -0.05) is 44.2 Å². The molecule has 0 saturated heterocycles. The van der Waals surface area contributed by atoms with Gasteiger partial charge in [0.15, 0.2) is 0 Å². The van der Waals surface area contributed by atoms with E-state index < -0.39 is 0 Å². The SMILES string of the molecule is CCN(CC)CCc1nc(CNC)c(-c2ccccc2)s1. The van der Waals surface area contributed by atoms with E-state index in [9.17, 15) is 0 Å². The van der Waals surface area contributed by atoms with Crippen LogP contribution in [0.4, 0.5) is 0 Å². The van der Waals surface area contributed by atoms with Gasteiger partial charge in [-0.2, -0.15) is 0 Å². The number of thiazole rings is 1. The zero-order valence-electron chi connectivity index (χ0n) is 13.2. The van der Waals surface area contributed by atoms with E-state index in [1.807, 2.05) is 18.4 Å². The van der Waals surface area contributed by atoms with Crippen molar-refractivity contribution >= 4 is 11.3 Å². The molecular weight excluding hydrogens is 278 g/mol. The predicted molar refractivity (Wildman–Crippen MR) is 91.8 cm³/mol. The second kappa shape index (κ2) is 8.27. The molecule has 0 bridgehead atoms. The van der Waals surface area contributed by atoms with Crippen molar-refractivity contribution in [3.05, 3.63) is 41.0 Å². The molecule has 2 rings (SSSR count). The Labute approximate surface area is 132 Å². The van der Waals surface area contributed by atoms with Gasteiger partial charge in [-0.15, -0.1) is 11.3 Å². The van der Waals surface area contributed by atoms with Crippen LogP contribution in [0.1, 0.15) is 24.5 Å². The molecule has 3 nitrogen and oxygen atoms in total. The van der Waals surface area contributed by atoms with E-state index in [-0.39, 0.29) is 0 Å². The molecule has 114 valence electrons. The second-order valence-corrected chi connectivity index (χ2v) is 6.14. The number of hydrogen-bond donors (Lipinski definition) is 1. The smallest absolute Gasteiger partial charge is 0.0948 e. The molecule has 1 aromatic heterocycles. The van der Waals surface area contributed by atoms with Crippen LogP contribution in [0.15, 0.2) is 30.3 Å². The highest BCUT2D eigenvalue weighted by Gasteiger charge is 2.13. The Hall–Kier alpha value is -1.23. The van der Waals surface area contributed by atoms with Crippen LogP contribution in [-0.2, 0) is 13.0 Å². The lowest BCUT2D eigenvalue weighted by Crippen LogP contribution is -2.25. The summed E-state index contributed by atoms with van der Waals surface area (Å²) < 4.78 is 0. The van der Waals surface area contributed by atoms with E-state index in [2.05, 4.69) is 54.4 Å². The van der Waals surface area contributed by atoms with Crippen LogP contribution in [0.25, 0.3) is 10.4 Å². The molecule has 0 fully saturated rings. The summed E-state index contributed by atoms with van der Waals surface area (Å²) in [7, 11) is 1.98. The lowest BCUT2D eigenvalue weighted by Gasteiger charge is -2.16. The zero-order valence-corrected chi connectivity index (χ0v) is 14.0. The molecular formula is C17H25N3S. The number of aromatic nitrogens is 1. The van der Waals surface area contributed by atoms with Crippen molar-refractivity contribution < 1.29 is 0 Å². The van der Waals surface area contributed by atoms with E-state index in [1.165, 1.54) is 21.1 Å². The highest BCUT2D eigenvalue weighted by Crippen LogP contribution is 2.30. The Balaban J connectivity index is 2.17. The minimum atomic E-state index is 0.825. The van der Waals surface area contributed by atoms with Crippen LogP contribution in [0.2, 0.25) is 0 Å². The van der Waals surface area contributed by atoms with Crippen LogP contribution in [0.5, 0.6) is 0 Å². The van der Waals surface area contributed by atoms with Gasteiger partial charge in [0.25, 0.3) is 0 Å². The topological polar surface area (TPSA) is 28.2 Å². The van der Waals surface area contributed by atoms with Crippen molar-refractivity contribution in [3.63, 3.8) is 0 Å². The standard InChI is InChI=1S/C17H25N3S/c1-4-20(5-2)12-11-16-19-15(13-18-3)17(21-16)14-9-7-6-8-10-14/h6-10,18H,4-5,11-13H2,1-3H3. The fourth-order valence-corrected chi connectivity index (χ4v) is 3.48. The third kappa shape index (κ3) is 4.37. The Morgan fingerprint density at radius 1 is 1.14 bits per heavy atom. The molecule has 0 radical (unpaired) electrons. The maximum atomic E-state index is 4.85. The Kier molecular flexibility index (Phi) is 6.36. The minimum Gasteiger partial charge on any atom is -0.314 e. The summed E-state index contributed by atoms with van der Waals surface area (Å²) in [6.45, 7) is 8.56. The molecule has 0 saturated carbocycles. The average molecular weight is 303 g/mol. The lowest BCUT2D eigenvalue weighted by atomic mass is 10.1. The summed E-state index contributed by atoms with van der Waals surface area (Å²) in [5.41, 5.74) is 2.44. The third-order valence-corrected chi connectivity index (χ3v) is 4.86. The molecule has 0 unspecified atom stereocenters. The Morgan fingerprint density at radius 2 is 1.86 bits per heavy atom. The zero-order chi connectivity index (χ0) is 15.1. The van der Waals surface area contributed by atoms with Gasteiger partial charge in [-0.05, 0) is 25.7 Å². The van der Waals surface area contributed by atoms with Crippen molar-refractivity contribution in [2.24, 2.45) is 0 Å². The summed E-state index contributed by atoms with van der Waals surface area (Å²) in [6, 6.07) is 10.6. The average Bonchev–Trinajstić information content (AvgIpc) is 2.93. The summed E-state index contributed by atoms with van der Waals surface area (Å²) in [6.07, 6.45) is 1.04. The Morgan fingerprint density at radius 3 is 2.48 bits per heavy atom. The van der Waals surface area contributed by atoms with Crippen molar-refractivity contribution in [3.8, 4) is 10.4 Å². The van der Waals surface area contributed by atoms with Gasteiger partial charge in [-0.25, -0.2) is 4.98 Å². The summed E-state index contributed by atoms with van der Waals surface area (Å²) >= 11 is 1.84. The number of benzene rings is 1. The highest BCUT2D eigenvalue weighted by atomic mass is 32.1. The molecule has 0 amide bonds. The first kappa shape index (κ1) is 16.1. The number of hydrogen-bond acceptors (Lipinski definition) is 4. The van der Waals surface area contributed by atoms with E-state index in [1.54, 1.807) is 0 Å². The van der Waals surface area contributed by atoms with Gasteiger partial charge in [-0.3, -0.25) is 0 Å². The number of nitrogens with one attached hydrogen (secondary N) is 1. The normalized spacial score (nSPS) is 11.2. The van der Waals surface area contributed by atoms with Gasteiger partial charge < -0.3 is 10.2 Å². The van der Waals surface area contributed by atoms with Gasteiger partial charge >= 0.3 is 0 Å². The van der Waals surface area contributed by atoms with E-state index in [0.717, 1.165) is 32.6 Å². The molecule has 2 aromatic rings. The molecule has 1 aromatic carbocycles. The van der Waals surface area contributed by atoms with Crippen LogP contribution in [-0.4, -0.2) is 36.6 Å². The van der Waals surface area contributed by atoms with E-state index in [4.69, 9.17) is 4.98 Å². The third-order valence-electron chi connectivity index (χ3n) is 3.66. The van der Waals surface area contributed by atoms with E-state index in [0.29, 0.717) is 0 Å². The first-order valence-electron chi connectivity index (χ1n) is 7.69. The summed E-state index contributed by atoms with van der Waals surface area (Å²) in [5, 5.41) is 4.47. The quantitative estimate of drug-likeness (QED) is 0.810. The molecule has 21 heavy (non-hydrogen) atoms. The van der Waals surface area contributed by atoms with Crippen LogP contribution in [0.3, 0.4) is 0 Å². The van der Waals surface area contributed by atoms with Gasteiger partial charge in [0.2, 0.25) is 0 Å². The van der Waals surface area contributed by atoms with Crippen LogP contribution < -0.4 is 5.32 Å². The summed E-state index contributed by atoms with van der Waals surface area (Å²) in [4.78, 5) is 8.60. The molecule has 0 aliphatic heterocycles. The predicted octanol–water partition coefficient (Wildman–Crippen LogP) is 3.41. The second-order valence-electron chi connectivity index (χ2n) is 5.06.